The fraction of sp³-hybridized carbons (Fsp3) is 0.278. The van der Waals surface area contributed by atoms with Crippen molar-refractivity contribution in [2.24, 2.45) is 0 Å². The van der Waals surface area contributed by atoms with Gasteiger partial charge >= 0.3 is 0 Å². The summed E-state index contributed by atoms with van der Waals surface area (Å²) < 4.78 is 39.0. The summed E-state index contributed by atoms with van der Waals surface area (Å²) in [6.45, 7) is 0.231. The summed E-state index contributed by atoms with van der Waals surface area (Å²) in [6, 6.07) is 12.4. The number of hydrogen-bond acceptors (Lipinski definition) is 3. The SMILES string of the molecule is CNS(=O)(=O)c1cccc(CNC(=O)C2(c3ccc(F)cc3)CC2)c1. The van der Waals surface area contributed by atoms with Gasteiger partial charge in [-0.05, 0) is 55.3 Å². The van der Waals surface area contributed by atoms with Crippen LogP contribution in [0.25, 0.3) is 0 Å². The van der Waals surface area contributed by atoms with Gasteiger partial charge < -0.3 is 5.32 Å². The second-order valence-electron chi connectivity index (χ2n) is 6.13. The number of nitrogens with one attached hydrogen (secondary N) is 2. The van der Waals surface area contributed by atoms with Crippen LogP contribution in [-0.4, -0.2) is 21.4 Å². The lowest BCUT2D eigenvalue weighted by Gasteiger charge is -2.16. The highest BCUT2D eigenvalue weighted by Crippen LogP contribution is 2.48. The van der Waals surface area contributed by atoms with Gasteiger partial charge in [-0.2, -0.15) is 0 Å². The Morgan fingerprint density at radius 1 is 1.16 bits per heavy atom. The zero-order valence-corrected chi connectivity index (χ0v) is 14.6. The Hall–Kier alpha value is -2.25. The first-order valence-corrected chi connectivity index (χ1v) is 9.42. The lowest BCUT2D eigenvalue weighted by molar-refractivity contribution is -0.123. The van der Waals surface area contributed by atoms with E-state index in [0.29, 0.717) is 5.56 Å². The van der Waals surface area contributed by atoms with E-state index in [-0.39, 0.29) is 23.2 Å². The first-order chi connectivity index (χ1) is 11.9. The minimum atomic E-state index is -3.52. The molecule has 132 valence electrons. The number of amides is 1. The van der Waals surface area contributed by atoms with Gasteiger partial charge in [-0.3, -0.25) is 4.79 Å². The fourth-order valence-electron chi connectivity index (χ4n) is 2.83. The van der Waals surface area contributed by atoms with E-state index in [9.17, 15) is 17.6 Å². The average molecular weight is 362 g/mol. The Balaban J connectivity index is 1.71. The van der Waals surface area contributed by atoms with Gasteiger partial charge in [-0.1, -0.05) is 24.3 Å². The van der Waals surface area contributed by atoms with Crippen molar-refractivity contribution in [3.05, 3.63) is 65.5 Å². The van der Waals surface area contributed by atoms with Gasteiger partial charge in [-0.25, -0.2) is 17.5 Å². The zero-order chi connectivity index (χ0) is 18.1. The summed E-state index contributed by atoms with van der Waals surface area (Å²) in [5.41, 5.74) is 0.903. The summed E-state index contributed by atoms with van der Waals surface area (Å²) in [4.78, 5) is 12.7. The Morgan fingerprint density at radius 3 is 2.44 bits per heavy atom. The Labute approximate surface area is 146 Å². The minimum Gasteiger partial charge on any atom is -0.351 e. The van der Waals surface area contributed by atoms with Crippen LogP contribution in [0.1, 0.15) is 24.0 Å². The lowest BCUT2D eigenvalue weighted by Crippen LogP contribution is -2.34. The van der Waals surface area contributed by atoms with Crippen molar-refractivity contribution in [3.63, 3.8) is 0 Å². The number of carbonyl (C=O) groups is 1. The Bertz CT molecular complexity index is 891. The van der Waals surface area contributed by atoms with Gasteiger partial charge in [-0.15, -0.1) is 0 Å². The van der Waals surface area contributed by atoms with E-state index in [0.717, 1.165) is 18.4 Å². The summed E-state index contributed by atoms with van der Waals surface area (Å²) in [7, 11) is -2.17. The smallest absolute Gasteiger partial charge is 0.240 e. The van der Waals surface area contributed by atoms with E-state index in [1.165, 1.54) is 31.3 Å². The molecule has 2 aromatic carbocycles. The topological polar surface area (TPSA) is 75.3 Å². The van der Waals surface area contributed by atoms with Crippen LogP contribution in [0, 0.1) is 5.82 Å². The van der Waals surface area contributed by atoms with Gasteiger partial charge in [0.1, 0.15) is 5.82 Å². The molecule has 0 heterocycles. The molecule has 0 aromatic heterocycles. The monoisotopic (exact) mass is 362 g/mol. The molecule has 1 saturated carbocycles. The van der Waals surface area contributed by atoms with Gasteiger partial charge in [0.05, 0.1) is 10.3 Å². The minimum absolute atomic E-state index is 0.124. The first kappa shape index (κ1) is 17.6. The standard InChI is InChI=1S/C18H19FN2O3S/c1-20-25(23,24)16-4-2-3-13(11-16)12-21-17(22)18(9-10-18)14-5-7-15(19)8-6-14/h2-8,11,20H,9-10,12H2,1H3,(H,21,22). The molecule has 0 atom stereocenters. The van der Waals surface area contributed by atoms with Crippen molar-refractivity contribution in [2.45, 2.75) is 29.7 Å². The third kappa shape index (κ3) is 3.57. The molecule has 1 aliphatic carbocycles. The van der Waals surface area contributed by atoms with Crippen LogP contribution >= 0.6 is 0 Å². The summed E-state index contributed by atoms with van der Waals surface area (Å²) in [5.74, 6) is -0.455. The van der Waals surface area contributed by atoms with Crippen molar-refractivity contribution in [1.29, 1.82) is 0 Å². The maximum Gasteiger partial charge on any atom is 0.240 e. The number of hydrogen-bond donors (Lipinski definition) is 2. The van der Waals surface area contributed by atoms with Gasteiger partial charge in [0, 0.05) is 6.54 Å². The van der Waals surface area contributed by atoms with E-state index in [1.807, 2.05) is 0 Å². The molecular formula is C18H19FN2O3S. The number of benzene rings is 2. The highest BCUT2D eigenvalue weighted by Gasteiger charge is 2.51. The van der Waals surface area contributed by atoms with Gasteiger partial charge in [0.25, 0.3) is 0 Å². The van der Waals surface area contributed by atoms with Crippen LogP contribution in [0.2, 0.25) is 0 Å². The van der Waals surface area contributed by atoms with Gasteiger partial charge in [0.2, 0.25) is 15.9 Å². The van der Waals surface area contributed by atoms with Crippen LogP contribution in [0.4, 0.5) is 4.39 Å². The molecule has 1 fully saturated rings. The highest BCUT2D eigenvalue weighted by atomic mass is 32.2. The summed E-state index contributed by atoms with van der Waals surface area (Å²) in [6.07, 6.45) is 1.44. The third-order valence-electron chi connectivity index (χ3n) is 4.51. The highest BCUT2D eigenvalue weighted by molar-refractivity contribution is 7.89. The van der Waals surface area contributed by atoms with Crippen molar-refractivity contribution < 1.29 is 17.6 Å². The molecule has 7 heteroatoms. The molecule has 0 spiro atoms. The normalized spacial score (nSPS) is 15.6. The molecule has 0 saturated heterocycles. The number of rotatable bonds is 6. The Kier molecular flexibility index (Phi) is 4.62. The summed E-state index contributed by atoms with van der Waals surface area (Å²) >= 11 is 0. The largest absolute Gasteiger partial charge is 0.351 e. The second-order valence-corrected chi connectivity index (χ2v) is 8.01. The molecule has 1 amide bonds. The lowest BCUT2D eigenvalue weighted by atomic mass is 9.95. The van der Waals surface area contributed by atoms with E-state index in [2.05, 4.69) is 10.0 Å². The predicted molar refractivity (Wildman–Crippen MR) is 91.8 cm³/mol. The molecule has 0 bridgehead atoms. The third-order valence-corrected chi connectivity index (χ3v) is 5.92. The van der Waals surface area contributed by atoms with Crippen LogP contribution < -0.4 is 10.0 Å². The van der Waals surface area contributed by atoms with Crippen molar-refractivity contribution in [1.82, 2.24) is 10.0 Å². The van der Waals surface area contributed by atoms with Crippen LogP contribution in [0.3, 0.4) is 0 Å². The van der Waals surface area contributed by atoms with E-state index in [4.69, 9.17) is 0 Å². The molecule has 3 rings (SSSR count). The predicted octanol–water partition coefficient (Wildman–Crippen LogP) is 2.08. The maximum atomic E-state index is 13.1. The second kappa shape index (κ2) is 6.57. The van der Waals surface area contributed by atoms with E-state index < -0.39 is 15.4 Å². The molecule has 2 N–H and O–H groups in total. The first-order valence-electron chi connectivity index (χ1n) is 7.94. The molecular weight excluding hydrogens is 343 g/mol. The fourth-order valence-corrected chi connectivity index (χ4v) is 3.63. The van der Waals surface area contributed by atoms with E-state index in [1.54, 1.807) is 24.3 Å². The van der Waals surface area contributed by atoms with Crippen molar-refractivity contribution in [3.8, 4) is 0 Å². The van der Waals surface area contributed by atoms with Crippen LogP contribution in [-0.2, 0) is 26.8 Å². The quantitative estimate of drug-likeness (QED) is 0.826. The molecule has 2 aromatic rings. The number of halogens is 1. The van der Waals surface area contributed by atoms with Crippen molar-refractivity contribution >= 4 is 15.9 Å². The molecule has 1 aliphatic rings. The molecule has 0 radical (unpaired) electrons. The van der Waals surface area contributed by atoms with Gasteiger partial charge in [0.15, 0.2) is 0 Å². The van der Waals surface area contributed by atoms with E-state index >= 15 is 0 Å². The molecule has 5 nitrogen and oxygen atoms in total. The Morgan fingerprint density at radius 2 is 1.84 bits per heavy atom. The maximum absolute atomic E-state index is 13.1. The molecule has 0 aliphatic heterocycles. The summed E-state index contributed by atoms with van der Waals surface area (Å²) in [5, 5.41) is 2.86. The number of sulfonamides is 1. The average Bonchev–Trinajstić information content (AvgIpc) is 3.42. The molecule has 0 unspecified atom stereocenters. The molecule has 25 heavy (non-hydrogen) atoms. The van der Waals surface area contributed by atoms with Crippen LogP contribution in [0.15, 0.2) is 53.4 Å². The number of carbonyl (C=O) groups excluding carboxylic acids is 1. The van der Waals surface area contributed by atoms with Crippen molar-refractivity contribution in [2.75, 3.05) is 7.05 Å². The zero-order valence-electron chi connectivity index (χ0n) is 13.8. The van der Waals surface area contributed by atoms with Crippen LogP contribution in [0.5, 0.6) is 0 Å².